The molecule has 0 aromatic heterocycles. The number of benzene rings is 1. The highest BCUT2D eigenvalue weighted by Crippen LogP contribution is 2.24. The van der Waals surface area contributed by atoms with Crippen LogP contribution in [-0.2, 0) is 14.3 Å². The summed E-state index contributed by atoms with van der Waals surface area (Å²) in [6.45, 7) is 7.40. The number of anilines is 1. The van der Waals surface area contributed by atoms with Gasteiger partial charge in [0.1, 0.15) is 5.75 Å². The number of carbonyl (C=O) groups excluding carboxylic acids is 3. The molecular formula is C23H35N3O5. The largest absolute Gasteiger partial charge is 0.495 e. The molecule has 1 fully saturated rings. The van der Waals surface area contributed by atoms with Gasteiger partial charge in [0.15, 0.2) is 0 Å². The van der Waals surface area contributed by atoms with Crippen LogP contribution in [0, 0.1) is 5.92 Å². The molecule has 31 heavy (non-hydrogen) atoms. The highest BCUT2D eigenvalue weighted by Gasteiger charge is 2.30. The molecule has 1 aromatic rings. The number of methoxy groups -OCH3 is 1. The molecule has 2 unspecified atom stereocenters. The fourth-order valence-corrected chi connectivity index (χ4v) is 3.71. The van der Waals surface area contributed by atoms with Gasteiger partial charge in [0.2, 0.25) is 5.91 Å². The average Bonchev–Trinajstić information content (AvgIpc) is 2.79. The van der Waals surface area contributed by atoms with Gasteiger partial charge in [-0.2, -0.15) is 0 Å². The van der Waals surface area contributed by atoms with Crippen molar-refractivity contribution < 1.29 is 23.9 Å². The summed E-state index contributed by atoms with van der Waals surface area (Å²) in [4.78, 5) is 41.2. The number of piperidine rings is 1. The second-order valence-corrected chi connectivity index (χ2v) is 7.76. The van der Waals surface area contributed by atoms with E-state index in [9.17, 15) is 14.4 Å². The lowest BCUT2D eigenvalue weighted by Gasteiger charge is -2.33. The summed E-state index contributed by atoms with van der Waals surface area (Å²) in [5, 5.41) is 2.89. The zero-order chi connectivity index (χ0) is 22.8. The maximum atomic E-state index is 13.0. The maximum absolute atomic E-state index is 13.0. The number of rotatable bonds is 9. The second kappa shape index (κ2) is 12.2. The molecule has 172 valence electrons. The molecule has 3 amide bonds. The number of nitrogens with zero attached hydrogens (tertiary/aromatic N) is 2. The van der Waals surface area contributed by atoms with Crippen LogP contribution in [0.1, 0.15) is 46.5 Å². The number of urea groups is 1. The highest BCUT2D eigenvalue weighted by atomic mass is 16.5. The minimum Gasteiger partial charge on any atom is -0.495 e. The summed E-state index contributed by atoms with van der Waals surface area (Å²) in [6, 6.07) is 6.92. The van der Waals surface area contributed by atoms with Crippen molar-refractivity contribution in [2.45, 2.75) is 52.5 Å². The van der Waals surface area contributed by atoms with Crippen molar-refractivity contribution in [2.24, 2.45) is 5.92 Å². The lowest BCUT2D eigenvalue weighted by Crippen LogP contribution is -2.46. The molecule has 1 aromatic carbocycles. The van der Waals surface area contributed by atoms with E-state index in [0.717, 1.165) is 19.3 Å². The van der Waals surface area contributed by atoms with Gasteiger partial charge in [0.25, 0.3) is 0 Å². The Morgan fingerprint density at radius 2 is 2.00 bits per heavy atom. The number of likely N-dealkylation sites (tertiary alicyclic amines) is 1. The van der Waals surface area contributed by atoms with Crippen LogP contribution in [0.2, 0.25) is 0 Å². The van der Waals surface area contributed by atoms with Crippen LogP contribution in [0.15, 0.2) is 24.3 Å². The van der Waals surface area contributed by atoms with Crippen LogP contribution in [0.25, 0.3) is 0 Å². The summed E-state index contributed by atoms with van der Waals surface area (Å²) >= 11 is 0. The number of carbonyl (C=O) groups is 3. The predicted molar refractivity (Wildman–Crippen MR) is 119 cm³/mol. The Hall–Kier alpha value is -2.77. The molecule has 1 N–H and O–H groups in total. The molecule has 8 heteroatoms. The Balaban J connectivity index is 1.98. The fraction of sp³-hybridized carbons (Fsp3) is 0.609. The number of nitrogens with one attached hydrogen (secondary N) is 1. The molecule has 0 aliphatic carbocycles. The van der Waals surface area contributed by atoms with E-state index in [1.54, 1.807) is 36.0 Å². The standard InChI is InChI=1S/C23H35N3O5/c1-5-17(3)26(23(29)24-19-11-7-8-12-20(19)30-4)15-13-21(27)25-14-9-10-18(16-25)22(28)31-6-2/h7-8,11-12,17-18H,5-6,9-10,13-16H2,1-4H3,(H,24,29). The van der Waals surface area contributed by atoms with Gasteiger partial charge in [-0.3, -0.25) is 9.59 Å². The van der Waals surface area contributed by atoms with Gasteiger partial charge in [0, 0.05) is 32.1 Å². The zero-order valence-electron chi connectivity index (χ0n) is 19.1. The molecule has 0 radical (unpaired) electrons. The van der Waals surface area contributed by atoms with Gasteiger partial charge in [-0.25, -0.2) is 4.79 Å². The van der Waals surface area contributed by atoms with Crippen LogP contribution in [0.3, 0.4) is 0 Å². The van der Waals surface area contributed by atoms with E-state index in [1.807, 2.05) is 26.0 Å². The molecule has 2 rings (SSSR count). The van der Waals surface area contributed by atoms with E-state index >= 15 is 0 Å². The zero-order valence-corrected chi connectivity index (χ0v) is 19.1. The summed E-state index contributed by atoms with van der Waals surface area (Å²) in [5.74, 6) is 0.0244. The van der Waals surface area contributed by atoms with Crippen molar-refractivity contribution in [1.82, 2.24) is 9.80 Å². The third kappa shape index (κ3) is 6.87. The third-order valence-electron chi connectivity index (χ3n) is 5.69. The number of esters is 1. The van der Waals surface area contributed by atoms with E-state index in [2.05, 4.69) is 5.32 Å². The minimum absolute atomic E-state index is 0.0313. The van der Waals surface area contributed by atoms with Gasteiger partial charge < -0.3 is 24.6 Å². The van der Waals surface area contributed by atoms with E-state index in [0.29, 0.717) is 37.7 Å². The molecule has 0 saturated carbocycles. The first-order chi connectivity index (χ1) is 14.9. The van der Waals surface area contributed by atoms with Crippen molar-refractivity contribution >= 4 is 23.6 Å². The molecule has 1 heterocycles. The van der Waals surface area contributed by atoms with Gasteiger partial charge in [0.05, 0.1) is 25.3 Å². The normalized spacial score (nSPS) is 16.9. The van der Waals surface area contributed by atoms with Crippen molar-refractivity contribution in [1.29, 1.82) is 0 Å². The lowest BCUT2D eigenvalue weighted by atomic mass is 9.98. The number of hydrogen-bond acceptors (Lipinski definition) is 5. The van der Waals surface area contributed by atoms with Crippen LogP contribution >= 0.6 is 0 Å². The lowest BCUT2D eigenvalue weighted by molar-refractivity contribution is -0.151. The van der Waals surface area contributed by atoms with Gasteiger partial charge >= 0.3 is 12.0 Å². The number of hydrogen-bond donors (Lipinski definition) is 1. The first-order valence-corrected chi connectivity index (χ1v) is 11.1. The van der Waals surface area contributed by atoms with E-state index in [1.165, 1.54) is 0 Å². The van der Waals surface area contributed by atoms with Crippen molar-refractivity contribution in [3.8, 4) is 5.75 Å². The Morgan fingerprint density at radius 1 is 1.26 bits per heavy atom. The van der Waals surface area contributed by atoms with E-state index in [4.69, 9.17) is 9.47 Å². The monoisotopic (exact) mass is 433 g/mol. The Bertz CT molecular complexity index is 754. The number of ether oxygens (including phenoxy) is 2. The molecule has 8 nitrogen and oxygen atoms in total. The summed E-state index contributed by atoms with van der Waals surface area (Å²) < 4.78 is 10.4. The van der Waals surface area contributed by atoms with Crippen LogP contribution < -0.4 is 10.1 Å². The molecule has 0 spiro atoms. The van der Waals surface area contributed by atoms with E-state index in [-0.39, 0.29) is 36.3 Å². The second-order valence-electron chi connectivity index (χ2n) is 7.76. The molecule has 1 aliphatic heterocycles. The Labute approximate surface area is 184 Å². The molecular weight excluding hydrogens is 398 g/mol. The first-order valence-electron chi connectivity index (χ1n) is 11.1. The summed E-state index contributed by atoms with van der Waals surface area (Å²) in [5.41, 5.74) is 0.586. The van der Waals surface area contributed by atoms with Crippen molar-refractivity contribution in [3.05, 3.63) is 24.3 Å². The quantitative estimate of drug-likeness (QED) is 0.602. The molecule has 1 saturated heterocycles. The van der Waals surface area contributed by atoms with E-state index < -0.39 is 0 Å². The molecule has 1 aliphatic rings. The van der Waals surface area contributed by atoms with Crippen LogP contribution in [0.5, 0.6) is 5.75 Å². The topological polar surface area (TPSA) is 88.2 Å². The number of amides is 3. The predicted octanol–water partition coefficient (Wildman–Crippen LogP) is 3.52. The Morgan fingerprint density at radius 3 is 2.68 bits per heavy atom. The summed E-state index contributed by atoms with van der Waals surface area (Å²) in [7, 11) is 1.55. The van der Waals surface area contributed by atoms with Gasteiger partial charge in [-0.05, 0) is 45.2 Å². The molecule has 2 atom stereocenters. The van der Waals surface area contributed by atoms with Gasteiger partial charge in [-0.1, -0.05) is 19.1 Å². The number of para-hydroxylation sites is 2. The highest BCUT2D eigenvalue weighted by molar-refractivity contribution is 5.91. The third-order valence-corrected chi connectivity index (χ3v) is 5.69. The summed E-state index contributed by atoms with van der Waals surface area (Å²) in [6.07, 6.45) is 2.49. The van der Waals surface area contributed by atoms with Gasteiger partial charge in [-0.15, -0.1) is 0 Å². The van der Waals surface area contributed by atoms with Crippen LogP contribution in [-0.4, -0.2) is 67.1 Å². The fourth-order valence-electron chi connectivity index (χ4n) is 3.71. The average molecular weight is 434 g/mol. The first kappa shape index (κ1) is 24.5. The Kier molecular flexibility index (Phi) is 9.62. The smallest absolute Gasteiger partial charge is 0.322 e. The van der Waals surface area contributed by atoms with Crippen molar-refractivity contribution in [3.63, 3.8) is 0 Å². The van der Waals surface area contributed by atoms with Crippen molar-refractivity contribution in [2.75, 3.05) is 38.7 Å². The maximum Gasteiger partial charge on any atom is 0.322 e. The minimum atomic E-state index is -0.269. The SMILES string of the molecule is CCOC(=O)C1CCCN(C(=O)CCN(C(=O)Nc2ccccc2OC)C(C)CC)C1. The molecule has 0 bridgehead atoms. The van der Waals surface area contributed by atoms with Crippen LogP contribution in [0.4, 0.5) is 10.5 Å².